The van der Waals surface area contributed by atoms with Gasteiger partial charge in [-0.15, -0.1) is 0 Å². The summed E-state index contributed by atoms with van der Waals surface area (Å²) in [6, 6.07) is 0.706. The number of Topliss-reactive ketones (excluding diaryl/α,β-unsaturated/α-hetero) is 1. The molecule has 1 rings (SSSR count). The number of aromatic hydroxyl groups is 2. The van der Waals surface area contributed by atoms with Crippen LogP contribution in [0.5, 0.6) is 11.5 Å². The molecule has 4 heteroatoms. The Labute approximate surface area is 97.0 Å². The fraction of sp³-hybridized carbons (Fsp3) is 0.364. The van der Waals surface area contributed by atoms with Gasteiger partial charge in [0, 0.05) is 19.8 Å². The van der Waals surface area contributed by atoms with Crippen LogP contribution in [0, 0.1) is 0 Å². The maximum absolute atomic E-state index is 11.9. The summed E-state index contributed by atoms with van der Waals surface area (Å²) >= 11 is 0. The summed E-state index contributed by atoms with van der Waals surface area (Å²) in [5.41, 5.74) is -0.00259. The van der Waals surface area contributed by atoms with Crippen molar-refractivity contribution >= 4 is 5.78 Å². The predicted octanol–water partition coefficient (Wildman–Crippen LogP) is 1.28. The Hall–Kier alpha value is -1.55. The van der Waals surface area contributed by atoms with Gasteiger partial charge in [0.1, 0.15) is 0 Å². The number of phenols is 2. The number of hydrogen-bond donors (Lipinski definition) is 3. The SMILES string of the molecule is [2H]C([2H])C([2H])(NCC(=O)c1ccc(O)c(O)c1)C([2H])([2H])[2H]. The molecular formula is C11H15NO3. The van der Waals surface area contributed by atoms with E-state index in [0.717, 1.165) is 12.1 Å². The fourth-order valence-corrected chi connectivity index (χ4v) is 0.974. The number of carbonyl (C=O) groups is 1. The predicted molar refractivity (Wildman–Crippen MR) is 57.2 cm³/mol. The number of nitrogens with one attached hydrogen (secondary N) is 1. The normalized spacial score (nSPS) is 21.4. The Morgan fingerprint density at radius 1 is 1.60 bits per heavy atom. The summed E-state index contributed by atoms with van der Waals surface area (Å²) in [4.78, 5) is 11.9. The van der Waals surface area contributed by atoms with Crippen molar-refractivity contribution in [2.45, 2.75) is 19.7 Å². The summed E-state index contributed by atoms with van der Waals surface area (Å²) in [7, 11) is 0. The number of hydrogen-bond acceptors (Lipinski definition) is 4. The number of carbonyl (C=O) groups excluding carboxylic acids is 1. The van der Waals surface area contributed by atoms with Crippen LogP contribution in [0.15, 0.2) is 18.2 Å². The van der Waals surface area contributed by atoms with Crippen molar-refractivity contribution in [2.24, 2.45) is 0 Å². The lowest BCUT2D eigenvalue weighted by molar-refractivity contribution is 0.0988. The van der Waals surface area contributed by atoms with Crippen molar-refractivity contribution in [3.63, 3.8) is 0 Å². The van der Waals surface area contributed by atoms with Crippen LogP contribution >= 0.6 is 0 Å². The maximum atomic E-state index is 11.9. The van der Waals surface area contributed by atoms with Gasteiger partial charge in [-0.2, -0.15) is 0 Å². The molecule has 82 valence electrons. The van der Waals surface area contributed by atoms with Crippen LogP contribution in [0.4, 0.5) is 0 Å². The lowest BCUT2D eigenvalue weighted by Crippen LogP contribution is -2.29. The molecule has 1 atom stereocenters. The Bertz CT molecular complexity index is 533. The van der Waals surface area contributed by atoms with Crippen molar-refractivity contribution in [3.8, 4) is 11.5 Å². The number of rotatable bonds is 4. The molecule has 0 aromatic heterocycles. The molecule has 0 saturated heterocycles. The minimum Gasteiger partial charge on any atom is -0.504 e. The molecule has 0 aliphatic rings. The zero-order chi connectivity index (χ0) is 16.4. The van der Waals surface area contributed by atoms with Gasteiger partial charge >= 0.3 is 0 Å². The quantitative estimate of drug-likeness (QED) is 0.522. The smallest absolute Gasteiger partial charge is 0.176 e. The van der Waals surface area contributed by atoms with Crippen LogP contribution < -0.4 is 5.32 Å². The standard InChI is InChI=1S/C11H15NO3/c1-7(2)12-6-11(15)8-3-4-9(13)10(14)5-8/h3-5,7,12-14H,6H2,1-2H3/i1D2,2D3,7D. The summed E-state index contributed by atoms with van der Waals surface area (Å²) in [5, 5.41) is 20.5. The third-order valence-corrected chi connectivity index (χ3v) is 1.74. The van der Waals surface area contributed by atoms with Gasteiger partial charge in [-0.1, -0.05) is 13.7 Å². The molecule has 0 bridgehead atoms. The van der Waals surface area contributed by atoms with Crippen molar-refractivity contribution in [1.82, 2.24) is 5.32 Å². The van der Waals surface area contributed by atoms with E-state index in [2.05, 4.69) is 5.32 Å². The molecule has 0 spiro atoms. The van der Waals surface area contributed by atoms with E-state index in [1.54, 1.807) is 0 Å². The van der Waals surface area contributed by atoms with E-state index in [1.807, 2.05) is 0 Å². The summed E-state index contributed by atoms with van der Waals surface area (Å²) in [6.45, 7) is -5.59. The van der Waals surface area contributed by atoms with Gasteiger partial charge in [-0.25, -0.2) is 0 Å². The van der Waals surface area contributed by atoms with Gasteiger partial charge in [0.15, 0.2) is 17.3 Å². The summed E-state index contributed by atoms with van der Waals surface area (Å²) < 4.78 is 43.6. The molecule has 0 saturated carbocycles. The van der Waals surface area contributed by atoms with E-state index in [9.17, 15) is 9.90 Å². The second-order valence-electron chi connectivity index (χ2n) is 2.89. The first-order valence-electron chi connectivity index (χ1n) is 7.29. The Kier molecular flexibility index (Phi) is 1.76. The van der Waals surface area contributed by atoms with Crippen LogP contribution in [0.3, 0.4) is 0 Å². The summed E-state index contributed by atoms with van der Waals surface area (Å²) in [6.07, 6.45) is 0. The Morgan fingerprint density at radius 2 is 2.40 bits per heavy atom. The zero-order valence-corrected chi connectivity index (χ0v) is 7.82. The van der Waals surface area contributed by atoms with Crippen LogP contribution in [-0.2, 0) is 0 Å². The highest BCUT2D eigenvalue weighted by Gasteiger charge is 2.08. The highest BCUT2D eigenvalue weighted by Crippen LogP contribution is 2.24. The zero-order valence-electron chi connectivity index (χ0n) is 13.8. The molecule has 0 radical (unpaired) electrons. The monoisotopic (exact) mass is 215 g/mol. The Morgan fingerprint density at radius 3 is 3.00 bits per heavy atom. The first-order valence-corrected chi connectivity index (χ1v) is 4.14. The molecule has 0 amide bonds. The van der Waals surface area contributed by atoms with E-state index in [0.29, 0.717) is 0 Å². The minimum atomic E-state index is -2.96. The van der Waals surface area contributed by atoms with E-state index in [-0.39, 0.29) is 5.56 Å². The van der Waals surface area contributed by atoms with E-state index in [1.165, 1.54) is 6.07 Å². The van der Waals surface area contributed by atoms with Gasteiger partial charge in [0.2, 0.25) is 0 Å². The largest absolute Gasteiger partial charge is 0.504 e. The number of ketones is 1. The maximum Gasteiger partial charge on any atom is 0.176 e. The van der Waals surface area contributed by atoms with Crippen molar-refractivity contribution in [2.75, 3.05) is 6.54 Å². The van der Waals surface area contributed by atoms with Gasteiger partial charge < -0.3 is 15.5 Å². The Balaban J connectivity index is 2.86. The topological polar surface area (TPSA) is 69.6 Å². The molecule has 0 fully saturated rings. The van der Waals surface area contributed by atoms with Gasteiger partial charge in [0.05, 0.1) is 6.54 Å². The van der Waals surface area contributed by atoms with Crippen LogP contribution in [0.1, 0.15) is 32.3 Å². The average Bonchev–Trinajstić information content (AvgIpc) is 2.37. The highest BCUT2D eigenvalue weighted by atomic mass is 16.3. The van der Waals surface area contributed by atoms with Crippen LogP contribution in [-0.4, -0.2) is 28.6 Å². The average molecular weight is 215 g/mol. The van der Waals surface area contributed by atoms with Crippen molar-refractivity contribution < 1.29 is 23.2 Å². The van der Waals surface area contributed by atoms with Crippen LogP contribution in [0.2, 0.25) is 0 Å². The molecule has 0 aliphatic heterocycles. The lowest BCUT2D eigenvalue weighted by Gasteiger charge is -2.07. The highest BCUT2D eigenvalue weighted by molar-refractivity contribution is 5.98. The molecule has 0 aliphatic carbocycles. The van der Waals surface area contributed by atoms with E-state index in [4.69, 9.17) is 13.3 Å². The first-order chi connectivity index (χ1) is 9.49. The van der Waals surface area contributed by atoms with Gasteiger partial charge in [0.25, 0.3) is 0 Å². The first kappa shape index (κ1) is 5.51. The van der Waals surface area contributed by atoms with Gasteiger partial charge in [-0.05, 0) is 18.2 Å². The third-order valence-electron chi connectivity index (χ3n) is 1.74. The second-order valence-corrected chi connectivity index (χ2v) is 2.89. The lowest BCUT2D eigenvalue weighted by atomic mass is 10.1. The van der Waals surface area contributed by atoms with Crippen molar-refractivity contribution in [1.29, 1.82) is 0 Å². The number of benzene rings is 1. The third kappa shape index (κ3) is 3.25. The number of phenolic OH excluding ortho intramolecular Hbond substituents is 2. The summed E-state index contributed by atoms with van der Waals surface area (Å²) in [5.74, 6) is -1.56. The molecule has 3 N–H and O–H groups in total. The second kappa shape index (κ2) is 4.79. The molecule has 1 unspecified atom stereocenters. The minimum absolute atomic E-state index is 0.00259. The molecule has 1 aromatic rings. The molecular weight excluding hydrogens is 194 g/mol. The van der Waals surface area contributed by atoms with E-state index < -0.39 is 43.6 Å². The van der Waals surface area contributed by atoms with Crippen molar-refractivity contribution in [3.05, 3.63) is 23.8 Å². The molecule has 0 heterocycles. The molecule has 4 nitrogen and oxygen atoms in total. The van der Waals surface area contributed by atoms with Gasteiger partial charge in [-0.3, -0.25) is 4.79 Å². The van der Waals surface area contributed by atoms with Crippen LogP contribution in [0.25, 0.3) is 0 Å². The molecule has 15 heavy (non-hydrogen) atoms. The molecule has 1 aromatic carbocycles. The van der Waals surface area contributed by atoms with E-state index >= 15 is 0 Å². The fourth-order valence-electron chi connectivity index (χ4n) is 0.974.